The van der Waals surface area contributed by atoms with Gasteiger partial charge in [-0.05, 0) is 6.92 Å². The van der Waals surface area contributed by atoms with Crippen LogP contribution in [0.4, 0.5) is 0 Å². The fraction of sp³-hybridized carbons (Fsp3) is 0.545. The summed E-state index contributed by atoms with van der Waals surface area (Å²) in [6, 6.07) is 13.4. The van der Waals surface area contributed by atoms with Crippen LogP contribution in [0.5, 0.6) is 0 Å². The standard InChI is InChI=1S/2C9H11.C2H6O.C2H6Si.ClH.Zr/c2*1-2-5-9-7-3-6-8(9)4-1;1-2-3;1-3-2;;/h2*3,6-7H,1-2,4-5H2;3H,2H2,1H3;1-2H3;1H;/q2*-1;;;;+2. The van der Waals surface area contributed by atoms with E-state index in [1.54, 1.807) is 52.5 Å². The molecule has 0 atom stereocenters. The fourth-order valence-corrected chi connectivity index (χ4v) is 3.23. The molecule has 0 spiro atoms. The van der Waals surface area contributed by atoms with Gasteiger partial charge in [0.25, 0.3) is 0 Å². The third kappa shape index (κ3) is 11.0. The number of aliphatic hydroxyl groups excluding tert-OH is 1. The Morgan fingerprint density at radius 3 is 1.50 bits per heavy atom. The Hall–Kier alpha value is 0.0500. The van der Waals surface area contributed by atoms with Crippen molar-refractivity contribution in [1.29, 1.82) is 0 Å². The minimum absolute atomic E-state index is 0. The maximum Gasteiger partial charge on any atom is -0.0512 e. The molecule has 0 fully saturated rings. The van der Waals surface area contributed by atoms with E-state index in [9.17, 15) is 0 Å². The molecule has 0 saturated carbocycles. The zero-order valence-corrected chi connectivity index (χ0v) is 21.0. The second-order valence-electron chi connectivity index (χ2n) is 6.88. The molecule has 0 unspecified atom stereocenters. The van der Waals surface area contributed by atoms with E-state index in [1.165, 1.54) is 51.4 Å². The number of halogens is 1. The van der Waals surface area contributed by atoms with E-state index in [2.05, 4.69) is 49.5 Å². The van der Waals surface area contributed by atoms with Crippen molar-refractivity contribution in [1.82, 2.24) is 0 Å². The van der Waals surface area contributed by atoms with Crippen LogP contribution in [0.15, 0.2) is 36.4 Å². The molecule has 4 rings (SSSR count). The maximum atomic E-state index is 7.57. The SMILES string of the molecule is CCO.C[Si](C)=[Zr+2].Cl.c1cc2c([cH-]1)CCCC2.c1cc2c([cH-]1)CCCC2. The first-order valence-electron chi connectivity index (χ1n) is 9.68. The van der Waals surface area contributed by atoms with Crippen LogP contribution in [-0.4, -0.2) is 17.1 Å². The number of hydrogen-bond donors (Lipinski definition) is 1. The van der Waals surface area contributed by atoms with Crippen LogP contribution >= 0.6 is 12.4 Å². The van der Waals surface area contributed by atoms with Crippen LogP contribution in [0.25, 0.3) is 0 Å². The predicted octanol–water partition coefficient (Wildman–Crippen LogP) is 5.77. The monoisotopic (exact) mass is 468 g/mol. The molecule has 2 aromatic carbocycles. The van der Waals surface area contributed by atoms with Gasteiger partial charge >= 0.3 is 41.9 Å². The first-order valence-corrected chi connectivity index (χ1v) is 15.9. The van der Waals surface area contributed by atoms with Crippen LogP contribution in [0.1, 0.15) is 54.9 Å². The molecular weight excluding hydrogens is 435 g/mol. The predicted molar refractivity (Wildman–Crippen MR) is 115 cm³/mol. The summed E-state index contributed by atoms with van der Waals surface area (Å²) in [5, 5.41) is 7.57. The Morgan fingerprint density at radius 2 is 1.19 bits per heavy atom. The van der Waals surface area contributed by atoms with Gasteiger partial charge in [-0.1, -0.05) is 51.4 Å². The molecule has 144 valence electrons. The summed E-state index contributed by atoms with van der Waals surface area (Å²) in [6.07, 6.45) is 10.9. The first kappa shape index (κ1) is 26.1. The van der Waals surface area contributed by atoms with Gasteiger partial charge < -0.3 is 5.11 Å². The quantitative estimate of drug-likeness (QED) is 0.383. The zero-order valence-electron chi connectivity index (χ0n) is 16.7. The third-order valence-corrected chi connectivity index (χ3v) is 4.30. The van der Waals surface area contributed by atoms with Crippen molar-refractivity contribution in [2.45, 2.75) is 71.4 Å². The molecule has 2 aliphatic rings. The summed E-state index contributed by atoms with van der Waals surface area (Å²) < 4.78 is 0. The molecule has 0 bridgehead atoms. The summed E-state index contributed by atoms with van der Waals surface area (Å²) >= 11 is 1.74. The van der Waals surface area contributed by atoms with E-state index in [4.69, 9.17) is 5.11 Å². The summed E-state index contributed by atoms with van der Waals surface area (Å²) in [4.78, 5) is 0. The smallest absolute Gasteiger partial charge is 0.0512 e. The Kier molecular flexibility index (Phi) is 16.1. The normalized spacial score (nSPS) is 13.8. The molecule has 2 aliphatic carbocycles. The Morgan fingerprint density at radius 1 is 0.885 bits per heavy atom. The second-order valence-corrected chi connectivity index (χ2v) is 16.3. The van der Waals surface area contributed by atoms with Crippen molar-refractivity contribution in [2.24, 2.45) is 0 Å². The van der Waals surface area contributed by atoms with Gasteiger partial charge in [0.15, 0.2) is 0 Å². The van der Waals surface area contributed by atoms with Gasteiger partial charge in [-0.2, -0.15) is 46.5 Å². The summed E-state index contributed by atoms with van der Waals surface area (Å²) in [5.41, 5.74) is 6.60. The minimum atomic E-state index is 0. The first-order chi connectivity index (χ1) is 12.1. The molecule has 0 radical (unpaired) electrons. The molecule has 26 heavy (non-hydrogen) atoms. The van der Waals surface area contributed by atoms with E-state index in [1.807, 2.05) is 0 Å². The van der Waals surface area contributed by atoms with E-state index in [0.717, 1.165) is 0 Å². The number of fused-ring (bicyclic) bond motifs is 2. The number of aliphatic hydroxyl groups is 1. The molecule has 0 amide bonds. The third-order valence-electron chi connectivity index (χ3n) is 4.30. The largest absolute Gasteiger partial charge is 0.210 e. The molecule has 2 aromatic rings. The van der Waals surface area contributed by atoms with E-state index >= 15 is 0 Å². The van der Waals surface area contributed by atoms with Crippen molar-refractivity contribution in [3.8, 4) is 0 Å². The second kappa shape index (κ2) is 16.0. The number of rotatable bonds is 0. The minimum Gasteiger partial charge on any atom is -0.210 e. The van der Waals surface area contributed by atoms with E-state index in [0.29, 0.717) is 0 Å². The van der Waals surface area contributed by atoms with Crippen LogP contribution in [0.3, 0.4) is 0 Å². The van der Waals surface area contributed by atoms with Crippen LogP contribution in [-0.2, 0) is 49.0 Å². The Bertz CT molecular complexity index is 512. The van der Waals surface area contributed by atoms with Crippen LogP contribution in [0, 0.1) is 0 Å². The van der Waals surface area contributed by atoms with Gasteiger partial charge in [-0.25, -0.2) is 12.1 Å². The van der Waals surface area contributed by atoms with Gasteiger partial charge in [-0.3, -0.25) is 0 Å². The van der Waals surface area contributed by atoms with E-state index < -0.39 is 0 Å². The zero-order chi connectivity index (χ0) is 18.5. The molecule has 0 heterocycles. The average molecular weight is 470 g/mol. The van der Waals surface area contributed by atoms with Crippen molar-refractivity contribution < 1.29 is 28.4 Å². The van der Waals surface area contributed by atoms with Crippen molar-refractivity contribution in [3.05, 3.63) is 58.7 Å². The van der Waals surface area contributed by atoms with Gasteiger partial charge in [-0.15, -0.1) is 12.4 Å². The molecule has 1 N–H and O–H groups in total. The van der Waals surface area contributed by atoms with Gasteiger partial charge in [0.2, 0.25) is 0 Å². The average Bonchev–Trinajstić information content (AvgIpc) is 3.24. The fourth-order valence-electron chi connectivity index (χ4n) is 3.23. The molecule has 0 aromatic heterocycles. The molecule has 1 nitrogen and oxygen atoms in total. The van der Waals surface area contributed by atoms with E-state index in [-0.39, 0.29) is 24.4 Å². The molecule has 0 saturated heterocycles. The summed E-state index contributed by atoms with van der Waals surface area (Å²) in [7, 11) is 0. The molecule has 0 aliphatic heterocycles. The van der Waals surface area contributed by atoms with Gasteiger partial charge in [0.05, 0.1) is 0 Å². The Labute approximate surface area is 182 Å². The number of aryl methyl sites for hydroxylation is 4. The molecular formula is C22H35ClOSiZr. The van der Waals surface area contributed by atoms with Gasteiger partial charge in [0, 0.05) is 6.61 Å². The van der Waals surface area contributed by atoms with Crippen molar-refractivity contribution >= 4 is 17.8 Å². The summed E-state index contributed by atoms with van der Waals surface area (Å²) in [5.74, 6) is 0. The Balaban J connectivity index is 0.000000350. The summed E-state index contributed by atoms with van der Waals surface area (Å²) in [6.45, 7) is 6.55. The topological polar surface area (TPSA) is 20.2 Å². The number of hydrogen-bond acceptors (Lipinski definition) is 1. The van der Waals surface area contributed by atoms with Crippen LogP contribution < -0.4 is 0 Å². The maximum absolute atomic E-state index is 7.57. The molecule has 4 heteroatoms. The van der Waals surface area contributed by atoms with Gasteiger partial charge in [0.1, 0.15) is 0 Å². The van der Waals surface area contributed by atoms with Crippen molar-refractivity contribution in [3.63, 3.8) is 0 Å². The van der Waals surface area contributed by atoms with Crippen LogP contribution in [0.2, 0.25) is 13.1 Å². The van der Waals surface area contributed by atoms with Crippen molar-refractivity contribution in [2.75, 3.05) is 6.61 Å².